The molecule has 2 rings (SSSR count). The van der Waals surface area contributed by atoms with E-state index in [1.54, 1.807) is 113 Å². The van der Waals surface area contributed by atoms with Crippen LogP contribution in [0.3, 0.4) is 0 Å². The molecule has 0 aliphatic rings. The maximum absolute atomic E-state index is 14.4. The minimum absolute atomic E-state index is 0.0106. The molecule has 0 radical (unpaired) electrons. The Balaban J connectivity index is 2.71. The third kappa shape index (κ3) is 13.5. The van der Waals surface area contributed by atoms with Crippen molar-refractivity contribution in [2.24, 2.45) is 0 Å². The molecule has 0 saturated heterocycles. The molecule has 2 unspecified atom stereocenters. The Morgan fingerprint density at radius 1 is 0.534 bits per heavy atom. The zero-order chi connectivity index (χ0) is 44.0. The standard InChI is InChI=1S/C33H41I5N6O14/c1-14-19(23(34)20(30(55)39-8-15(51)10-47)25(36)28(14)41-17(53)12-49)32(57)43(4-6-45)2-3-44(5-7-46)33(58)22-24(35)21(31(56)40-9-16(52)11-48)26(37)29(27(22)38)42-18(54)13-50/h15-16,45-52H,2-13H2,1H3,(H,39,55)(H,40,56)(H,41,53)(H,42,54). The Morgan fingerprint density at radius 2 is 0.897 bits per heavy atom. The summed E-state index contributed by atoms with van der Waals surface area (Å²) in [6.07, 6.45) is -2.59. The van der Waals surface area contributed by atoms with Gasteiger partial charge in [-0.3, -0.25) is 28.8 Å². The largest absolute Gasteiger partial charge is 0.395 e. The fourth-order valence-corrected chi connectivity index (χ4v) is 12.2. The molecule has 0 saturated carbocycles. The van der Waals surface area contributed by atoms with E-state index in [1.165, 1.54) is 16.7 Å². The average Bonchev–Trinajstić information content (AvgIpc) is 3.19. The highest BCUT2D eigenvalue weighted by Crippen LogP contribution is 2.37. The Bertz CT molecular complexity index is 1740. The van der Waals surface area contributed by atoms with Crippen molar-refractivity contribution < 1.29 is 69.6 Å². The molecule has 25 heteroatoms. The molecule has 0 bridgehead atoms. The molecule has 0 aliphatic heterocycles. The number of benzene rings is 2. The predicted molar refractivity (Wildman–Crippen MR) is 249 cm³/mol. The first-order valence-electron chi connectivity index (χ1n) is 16.8. The Morgan fingerprint density at radius 3 is 1.29 bits per heavy atom. The second kappa shape index (κ2) is 25.5. The zero-order valence-electron chi connectivity index (χ0n) is 30.5. The van der Waals surface area contributed by atoms with Crippen molar-refractivity contribution >= 4 is 160 Å². The molecule has 2 aromatic carbocycles. The lowest BCUT2D eigenvalue weighted by Crippen LogP contribution is -2.44. The molecule has 0 heterocycles. The van der Waals surface area contributed by atoms with E-state index < -0.39 is 87.3 Å². The number of rotatable bonds is 21. The first-order chi connectivity index (χ1) is 27.4. The van der Waals surface area contributed by atoms with Gasteiger partial charge in [0, 0.05) is 46.4 Å². The smallest absolute Gasteiger partial charge is 0.256 e. The van der Waals surface area contributed by atoms with Crippen LogP contribution in [-0.2, 0) is 9.59 Å². The number of anilines is 2. The number of aliphatic hydroxyl groups is 8. The van der Waals surface area contributed by atoms with Crippen LogP contribution >= 0.6 is 113 Å². The number of amides is 6. The molecule has 12 N–H and O–H groups in total. The fraction of sp³-hybridized carbons (Fsp3) is 0.455. The van der Waals surface area contributed by atoms with Crippen molar-refractivity contribution in [3.05, 3.63) is 45.7 Å². The Kier molecular flexibility index (Phi) is 23.2. The highest BCUT2D eigenvalue weighted by atomic mass is 127. The number of carbonyl (C=O) groups excluding carboxylic acids is 6. The van der Waals surface area contributed by atoms with Crippen LogP contribution in [0.25, 0.3) is 0 Å². The summed E-state index contributed by atoms with van der Waals surface area (Å²) in [5, 5.41) is 86.9. The quantitative estimate of drug-likeness (QED) is 0.0642. The molecule has 2 atom stereocenters. The highest BCUT2D eigenvalue weighted by Gasteiger charge is 2.33. The molecule has 0 spiro atoms. The number of aliphatic hydroxyl groups excluding tert-OH is 8. The first-order valence-corrected chi connectivity index (χ1v) is 22.2. The molecule has 20 nitrogen and oxygen atoms in total. The van der Waals surface area contributed by atoms with Gasteiger partial charge in [-0.05, 0) is 125 Å². The van der Waals surface area contributed by atoms with Crippen molar-refractivity contribution in [1.29, 1.82) is 0 Å². The second-order valence-corrected chi connectivity index (χ2v) is 17.4. The van der Waals surface area contributed by atoms with Gasteiger partial charge >= 0.3 is 0 Å². The normalized spacial score (nSPS) is 12.0. The molecule has 2 aromatic rings. The topological polar surface area (TPSA) is 319 Å². The van der Waals surface area contributed by atoms with Crippen molar-refractivity contribution in [1.82, 2.24) is 20.4 Å². The zero-order valence-corrected chi connectivity index (χ0v) is 41.2. The van der Waals surface area contributed by atoms with E-state index in [0.29, 0.717) is 0 Å². The van der Waals surface area contributed by atoms with Gasteiger partial charge in [-0.1, -0.05) is 0 Å². The number of hydrogen-bond donors (Lipinski definition) is 12. The van der Waals surface area contributed by atoms with Gasteiger partial charge < -0.3 is 71.9 Å². The van der Waals surface area contributed by atoms with Crippen molar-refractivity contribution in [3.63, 3.8) is 0 Å². The van der Waals surface area contributed by atoms with Crippen LogP contribution in [0.1, 0.15) is 47.0 Å². The number of carbonyl (C=O) groups is 6. The van der Waals surface area contributed by atoms with Crippen LogP contribution in [0, 0.1) is 24.8 Å². The molecule has 0 aliphatic carbocycles. The summed E-state index contributed by atoms with van der Waals surface area (Å²) >= 11 is 8.90. The van der Waals surface area contributed by atoms with Gasteiger partial charge in [-0.15, -0.1) is 0 Å². The van der Waals surface area contributed by atoms with Crippen molar-refractivity contribution in [2.45, 2.75) is 19.1 Å². The summed E-state index contributed by atoms with van der Waals surface area (Å²) in [6, 6.07) is 0. The van der Waals surface area contributed by atoms with E-state index in [2.05, 4.69) is 21.3 Å². The number of halogens is 5. The molecular weight excluding hydrogens is 1340 g/mol. The second-order valence-electron chi connectivity index (χ2n) is 12.0. The van der Waals surface area contributed by atoms with Gasteiger partial charge in [0.05, 0.1) is 83.0 Å². The maximum Gasteiger partial charge on any atom is 0.256 e. The van der Waals surface area contributed by atoms with Crippen LogP contribution in [-0.4, -0.2) is 177 Å². The van der Waals surface area contributed by atoms with Crippen LogP contribution in [0.5, 0.6) is 0 Å². The molecule has 0 fully saturated rings. The summed E-state index contributed by atoms with van der Waals surface area (Å²) in [5.74, 6) is -4.74. The summed E-state index contributed by atoms with van der Waals surface area (Å²) < 4.78 is 0.765. The van der Waals surface area contributed by atoms with Gasteiger partial charge in [-0.25, -0.2) is 0 Å². The van der Waals surface area contributed by atoms with E-state index in [0.717, 1.165) is 0 Å². The predicted octanol–water partition coefficient (Wildman–Crippen LogP) is -1.39. The van der Waals surface area contributed by atoms with E-state index >= 15 is 0 Å². The van der Waals surface area contributed by atoms with Gasteiger partial charge in [0.25, 0.3) is 23.6 Å². The minimum Gasteiger partial charge on any atom is -0.395 e. The first kappa shape index (κ1) is 52.7. The van der Waals surface area contributed by atoms with Gasteiger partial charge in [-0.2, -0.15) is 0 Å². The number of nitrogens with zero attached hydrogens (tertiary/aromatic N) is 2. The van der Waals surface area contributed by atoms with E-state index in [-0.39, 0.29) is 96.3 Å². The number of hydrogen-bond acceptors (Lipinski definition) is 14. The lowest BCUT2D eigenvalue weighted by Gasteiger charge is -2.30. The molecular formula is C33H41I5N6O14. The van der Waals surface area contributed by atoms with Gasteiger partial charge in [0.2, 0.25) is 11.8 Å². The van der Waals surface area contributed by atoms with Crippen LogP contribution in [0.2, 0.25) is 0 Å². The minimum atomic E-state index is -1.30. The van der Waals surface area contributed by atoms with E-state index in [1.807, 2.05) is 0 Å². The lowest BCUT2D eigenvalue weighted by molar-refractivity contribution is -0.119. The molecule has 6 amide bonds. The maximum atomic E-state index is 14.4. The Labute approximate surface area is 400 Å². The average molecular weight is 1380 g/mol. The SMILES string of the molecule is Cc1c(NC(=O)CO)c(I)c(C(=O)NCC(O)CO)c(I)c1C(=O)N(CCO)CCN(CCO)C(=O)c1c(I)c(NC(=O)CO)c(I)c(C(=O)NCC(O)CO)c1I. The fourth-order valence-electron chi connectivity index (χ4n) is 5.08. The summed E-state index contributed by atoms with van der Waals surface area (Å²) in [7, 11) is 0. The number of nitrogens with one attached hydrogen (secondary N) is 4. The monoisotopic (exact) mass is 1380 g/mol. The van der Waals surface area contributed by atoms with Crippen molar-refractivity contribution in [2.75, 3.05) is 89.5 Å². The highest BCUT2D eigenvalue weighted by molar-refractivity contribution is 14.1. The van der Waals surface area contributed by atoms with Gasteiger partial charge in [0.15, 0.2) is 0 Å². The molecule has 0 aromatic heterocycles. The molecule has 322 valence electrons. The van der Waals surface area contributed by atoms with Crippen LogP contribution in [0.15, 0.2) is 0 Å². The summed E-state index contributed by atoms with van der Waals surface area (Å²) in [6.45, 7) is -4.58. The third-order valence-electron chi connectivity index (χ3n) is 8.01. The summed E-state index contributed by atoms with van der Waals surface area (Å²) in [5.41, 5.74) is -0.104. The Hall–Kier alpha value is -1.41. The molecule has 58 heavy (non-hydrogen) atoms. The van der Waals surface area contributed by atoms with Crippen LogP contribution in [0.4, 0.5) is 11.4 Å². The van der Waals surface area contributed by atoms with E-state index in [4.69, 9.17) is 0 Å². The summed E-state index contributed by atoms with van der Waals surface area (Å²) in [4.78, 5) is 82.7. The van der Waals surface area contributed by atoms with Crippen LogP contribution < -0.4 is 21.3 Å². The van der Waals surface area contributed by atoms with Crippen molar-refractivity contribution in [3.8, 4) is 0 Å². The van der Waals surface area contributed by atoms with Gasteiger partial charge in [0.1, 0.15) is 13.2 Å². The lowest BCUT2D eigenvalue weighted by atomic mass is 10.00. The van der Waals surface area contributed by atoms with E-state index in [9.17, 15) is 69.6 Å². The third-order valence-corrected chi connectivity index (χ3v) is 13.4.